The fraction of sp³-hybridized carbons (Fsp3) is 0.647. The molecule has 0 heterocycles. The Hall–Kier alpha value is -0.820. The highest BCUT2D eigenvalue weighted by atomic mass is 14.8. The summed E-state index contributed by atoms with van der Waals surface area (Å²) in [6.07, 6.45) is 5.54. The van der Waals surface area contributed by atoms with Gasteiger partial charge in [0.1, 0.15) is 0 Å². The van der Waals surface area contributed by atoms with Crippen LogP contribution in [0.1, 0.15) is 42.9 Å². The molecule has 0 amide bonds. The van der Waals surface area contributed by atoms with Gasteiger partial charge in [0, 0.05) is 0 Å². The smallest absolute Gasteiger partial charge is 0.00179 e. The maximum atomic E-state index is 3.53. The van der Waals surface area contributed by atoms with Crippen LogP contribution < -0.4 is 5.32 Å². The van der Waals surface area contributed by atoms with Crippen LogP contribution in [-0.4, -0.2) is 13.1 Å². The molecule has 18 heavy (non-hydrogen) atoms. The van der Waals surface area contributed by atoms with Gasteiger partial charge in [-0.3, -0.25) is 0 Å². The summed E-state index contributed by atoms with van der Waals surface area (Å²) in [6, 6.07) is 6.89. The van der Waals surface area contributed by atoms with Crippen molar-refractivity contribution in [1.29, 1.82) is 0 Å². The Morgan fingerprint density at radius 1 is 1.17 bits per heavy atom. The largest absolute Gasteiger partial charge is 0.317 e. The lowest BCUT2D eigenvalue weighted by Gasteiger charge is -2.21. The van der Waals surface area contributed by atoms with Crippen LogP contribution in [0.15, 0.2) is 18.2 Å². The van der Waals surface area contributed by atoms with Gasteiger partial charge in [0.2, 0.25) is 0 Å². The third-order valence-electron chi connectivity index (χ3n) is 4.46. The first-order chi connectivity index (χ1) is 8.70. The van der Waals surface area contributed by atoms with Gasteiger partial charge in [-0.1, -0.05) is 37.1 Å². The first-order valence-corrected chi connectivity index (χ1v) is 7.47. The minimum Gasteiger partial charge on any atom is -0.317 e. The molecule has 1 nitrogen and oxygen atoms in total. The summed E-state index contributed by atoms with van der Waals surface area (Å²) in [5, 5.41) is 3.53. The molecule has 1 aromatic carbocycles. The van der Waals surface area contributed by atoms with Crippen molar-refractivity contribution in [3.8, 4) is 0 Å². The van der Waals surface area contributed by atoms with E-state index in [2.05, 4.69) is 44.3 Å². The first-order valence-electron chi connectivity index (χ1n) is 7.47. The third kappa shape index (κ3) is 3.35. The summed E-state index contributed by atoms with van der Waals surface area (Å²) in [5.74, 6) is 1.79. The first kappa shape index (κ1) is 13.6. The lowest BCUT2D eigenvalue weighted by Crippen LogP contribution is -2.26. The van der Waals surface area contributed by atoms with Crippen molar-refractivity contribution in [3.63, 3.8) is 0 Å². The third-order valence-corrected chi connectivity index (χ3v) is 4.46. The molecule has 1 aromatic rings. The van der Waals surface area contributed by atoms with Crippen molar-refractivity contribution >= 4 is 0 Å². The van der Waals surface area contributed by atoms with Gasteiger partial charge in [0.15, 0.2) is 0 Å². The Labute approximate surface area is 112 Å². The second-order valence-electron chi connectivity index (χ2n) is 5.89. The average molecular weight is 245 g/mol. The summed E-state index contributed by atoms with van der Waals surface area (Å²) >= 11 is 0. The van der Waals surface area contributed by atoms with Crippen LogP contribution in [0.2, 0.25) is 0 Å². The predicted octanol–water partition coefficient (Wildman–Crippen LogP) is 3.87. The van der Waals surface area contributed by atoms with Crippen LogP contribution >= 0.6 is 0 Å². The zero-order chi connectivity index (χ0) is 13.0. The van der Waals surface area contributed by atoms with E-state index in [1.54, 1.807) is 5.56 Å². The molecule has 1 aliphatic carbocycles. The van der Waals surface area contributed by atoms with E-state index in [9.17, 15) is 0 Å². The molecular weight excluding hydrogens is 218 g/mol. The fourth-order valence-corrected chi connectivity index (χ4v) is 3.28. The predicted molar refractivity (Wildman–Crippen MR) is 79.0 cm³/mol. The summed E-state index contributed by atoms with van der Waals surface area (Å²) < 4.78 is 0. The molecule has 0 aromatic heterocycles. The Balaban J connectivity index is 2.01. The van der Waals surface area contributed by atoms with Crippen molar-refractivity contribution in [1.82, 2.24) is 5.32 Å². The minimum atomic E-state index is 0.893. The SMILES string of the molecule is CCNCC1CCCC1Cc1cc(C)ccc1C. The molecule has 0 bridgehead atoms. The van der Waals surface area contributed by atoms with Gasteiger partial charge in [0.05, 0.1) is 0 Å². The van der Waals surface area contributed by atoms with Crippen LogP contribution in [-0.2, 0) is 6.42 Å². The van der Waals surface area contributed by atoms with Gasteiger partial charge in [-0.2, -0.15) is 0 Å². The van der Waals surface area contributed by atoms with E-state index < -0.39 is 0 Å². The molecule has 1 heteroatoms. The average Bonchev–Trinajstić information content (AvgIpc) is 2.79. The Kier molecular flexibility index (Phi) is 4.82. The Bertz CT molecular complexity index is 383. The molecule has 1 fully saturated rings. The second-order valence-corrected chi connectivity index (χ2v) is 5.89. The van der Waals surface area contributed by atoms with E-state index >= 15 is 0 Å². The van der Waals surface area contributed by atoms with E-state index in [0.29, 0.717) is 0 Å². The van der Waals surface area contributed by atoms with Gasteiger partial charge in [-0.05, 0) is 69.2 Å². The van der Waals surface area contributed by atoms with Crippen molar-refractivity contribution < 1.29 is 0 Å². The molecule has 1 N–H and O–H groups in total. The van der Waals surface area contributed by atoms with Crippen LogP contribution in [0.4, 0.5) is 0 Å². The molecule has 0 saturated heterocycles. The number of rotatable bonds is 5. The van der Waals surface area contributed by atoms with E-state index in [1.807, 2.05) is 0 Å². The van der Waals surface area contributed by atoms with Crippen molar-refractivity contribution in [3.05, 3.63) is 34.9 Å². The molecule has 2 unspecified atom stereocenters. The molecule has 0 spiro atoms. The van der Waals surface area contributed by atoms with Crippen molar-refractivity contribution in [2.24, 2.45) is 11.8 Å². The molecule has 2 rings (SSSR count). The second kappa shape index (κ2) is 6.38. The van der Waals surface area contributed by atoms with Gasteiger partial charge >= 0.3 is 0 Å². The van der Waals surface area contributed by atoms with Crippen molar-refractivity contribution in [2.45, 2.75) is 46.5 Å². The van der Waals surface area contributed by atoms with E-state index in [-0.39, 0.29) is 0 Å². The number of aryl methyl sites for hydroxylation is 2. The lowest BCUT2D eigenvalue weighted by molar-refractivity contribution is 0.368. The zero-order valence-corrected chi connectivity index (χ0v) is 12.1. The van der Waals surface area contributed by atoms with Gasteiger partial charge < -0.3 is 5.32 Å². The van der Waals surface area contributed by atoms with Crippen LogP contribution in [0.5, 0.6) is 0 Å². The molecule has 1 saturated carbocycles. The summed E-state index contributed by atoms with van der Waals surface area (Å²) in [4.78, 5) is 0. The number of nitrogens with one attached hydrogen (secondary N) is 1. The molecule has 0 aliphatic heterocycles. The molecule has 2 atom stereocenters. The number of benzene rings is 1. The van der Waals surface area contributed by atoms with Gasteiger partial charge in [-0.25, -0.2) is 0 Å². The van der Waals surface area contributed by atoms with Gasteiger partial charge in [0.25, 0.3) is 0 Å². The summed E-state index contributed by atoms with van der Waals surface area (Å²) in [6.45, 7) is 8.98. The lowest BCUT2D eigenvalue weighted by atomic mass is 9.87. The molecule has 1 aliphatic rings. The quantitative estimate of drug-likeness (QED) is 0.830. The number of hydrogen-bond acceptors (Lipinski definition) is 1. The van der Waals surface area contributed by atoms with Crippen LogP contribution in [0.3, 0.4) is 0 Å². The Morgan fingerprint density at radius 3 is 2.72 bits per heavy atom. The monoisotopic (exact) mass is 245 g/mol. The van der Waals surface area contributed by atoms with E-state index in [1.165, 1.54) is 43.4 Å². The minimum absolute atomic E-state index is 0.893. The van der Waals surface area contributed by atoms with Crippen LogP contribution in [0.25, 0.3) is 0 Å². The summed E-state index contributed by atoms with van der Waals surface area (Å²) in [7, 11) is 0. The highest BCUT2D eigenvalue weighted by molar-refractivity contribution is 5.31. The highest BCUT2D eigenvalue weighted by Gasteiger charge is 2.27. The van der Waals surface area contributed by atoms with Crippen molar-refractivity contribution in [2.75, 3.05) is 13.1 Å². The fourth-order valence-electron chi connectivity index (χ4n) is 3.28. The topological polar surface area (TPSA) is 12.0 Å². The van der Waals surface area contributed by atoms with E-state index in [0.717, 1.165) is 18.4 Å². The molecule has 0 radical (unpaired) electrons. The number of hydrogen-bond donors (Lipinski definition) is 1. The normalized spacial score (nSPS) is 23.5. The molecular formula is C17H27N. The standard InChI is InChI=1S/C17H27N/c1-4-18-12-16-7-5-6-15(16)11-17-10-13(2)8-9-14(17)3/h8-10,15-16,18H,4-7,11-12H2,1-3H3. The Morgan fingerprint density at radius 2 is 1.94 bits per heavy atom. The van der Waals surface area contributed by atoms with Gasteiger partial charge in [-0.15, -0.1) is 0 Å². The molecule has 100 valence electrons. The zero-order valence-electron chi connectivity index (χ0n) is 12.1. The highest BCUT2D eigenvalue weighted by Crippen LogP contribution is 2.34. The maximum absolute atomic E-state index is 3.53. The van der Waals surface area contributed by atoms with E-state index in [4.69, 9.17) is 0 Å². The van der Waals surface area contributed by atoms with Crippen LogP contribution in [0, 0.1) is 25.7 Å². The maximum Gasteiger partial charge on any atom is -0.00179 e. The summed E-state index contributed by atoms with van der Waals surface area (Å²) in [5.41, 5.74) is 4.44.